The van der Waals surface area contributed by atoms with Crippen molar-refractivity contribution in [1.29, 1.82) is 0 Å². The van der Waals surface area contributed by atoms with E-state index in [1.807, 2.05) is 54.7 Å². The Kier molecular flexibility index (Phi) is 3.44. The first-order valence-corrected chi connectivity index (χ1v) is 6.88. The number of carbonyl (C=O) groups is 1. The normalized spacial score (nSPS) is 14.0. The summed E-state index contributed by atoms with van der Waals surface area (Å²) in [7, 11) is 0. The van der Waals surface area contributed by atoms with E-state index in [4.69, 9.17) is 0 Å². The zero-order valence-electron chi connectivity index (χ0n) is 11.7. The van der Waals surface area contributed by atoms with Crippen LogP contribution in [0.2, 0.25) is 0 Å². The highest BCUT2D eigenvalue weighted by atomic mass is 16.4. The molecule has 0 bridgehead atoms. The van der Waals surface area contributed by atoms with Crippen molar-refractivity contribution in [3.8, 4) is 11.1 Å². The Hall–Kier alpha value is -2.62. The Morgan fingerprint density at radius 1 is 1.14 bits per heavy atom. The zero-order valence-corrected chi connectivity index (χ0v) is 11.7. The van der Waals surface area contributed by atoms with Crippen LogP contribution in [-0.2, 0) is 4.79 Å². The lowest BCUT2D eigenvalue weighted by Crippen LogP contribution is -2.25. The van der Waals surface area contributed by atoms with E-state index in [0.717, 1.165) is 16.7 Å². The van der Waals surface area contributed by atoms with Gasteiger partial charge >= 0.3 is 5.97 Å². The van der Waals surface area contributed by atoms with Crippen LogP contribution in [0.1, 0.15) is 18.5 Å². The van der Waals surface area contributed by atoms with Crippen molar-refractivity contribution in [2.24, 2.45) is 5.92 Å². The molecular formula is C17H16N2O2. The summed E-state index contributed by atoms with van der Waals surface area (Å²) in [4.78, 5) is 11.5. The van der Waals surface area contributed by atoms with E-state index in [2.05, 4.69) is 5.10 Å². The SMILES string of the molecule is CC(C(=O)O)C(c1ccc2cccccc1-2)n1cccn1. The van der Waals surface area contributed by atoms with E-state index in [1.54, 1.807) is 17.8 Å². The van der Waals surface area contributed by atoms with Gasteiger partial charge in [0.25, 0.3) is 0 Å². The predicted octanol–water partition coefficient (Wildman–Crippen LogP) is 3.30. The largest absolute Gasteiger partial charge is 0.481 e. The van der Waals surface area contributed by atoms with Gasteiger partial charge < -0.3 is 5.11 Å². The van der Waals surface area contributed by atoms with Gasteiger partial charge in [0.2, 0.25) is 0 Å². The molecule has 1 aromatic heterocycles. The van der Waals surface area contributed by atoms with Crippen LogP contribution in [0.4, 0.5) is 0 Å². The maximum Gasteiger partial charge on any atom is 0.308 e. The minimum Gasteiger partial charge on any atom is -0.481 e. The molecule has 0 radical (unpaired) electrons. The van der Waals surface area contributed by atoms with Crippen LogP contribution in [-0.4, -0.2) is 20.9 Å². The lowest BCUT2D eigenvalue weighted by Gasteiger charge is -2.22. The standard InChI is InChI=1S/C17H16N2O2/c1-12(17(20)21)16(19-11-5-10-18-19)15-9-8-13-6-3-2-4-7-14(13)15/h2-12,16H,1H3,(H,20,21). The highest BCUT2D eigenvalue weighted by molar-refractivity contribution is 5.75. The van der Waals surface area contributed by atoms with Gasteiger partial charge in [-0.2, -0.15) is 5.10 Å². The third-order valence-electron chi connectivity index (χ3n) is 3.82. The average Bonchev–Trinajstić information content (AvgIpc) is 3.06. The molecule has 106 valence electrons. The summed E-state index contributed by atoms with van der Waals surface area (Å²) in [6.45, 7) is 1.72. The fourth-order valence-corrected chi connectivity index (χ4v) is 2.72. The number of hydrogen-bond acceptors (Lipinski definition) is 2. The van der Waals surface area contributed by atoms with Gasteiger partial charge in [-0.25, -0.2) is 0 Å². The fourth-order valence-electron chi connectivity index (χ4n) is 2.72. The Morgan fingerprint density at radius 2 is 1.95 bits per heavy atom. The number of nitrogens with zero attached hydrogens (tertiary/aromatic N) is 2. The number of fused-ring (bicyclic) bond motifs is 1. The van der Waals surface area contributed by atoms with E-state index in [1.165, 1.54) is 0 Å². The van der Waals surface area contributed by atoms with Gasteiger partial charge in [0, 0.05) is 12.4 Å². The zero-order chi connectivity index (χ0) is 14.8. The Labute approximate surface area is 123 Å². The lowest BCUT2D eigenvalue weighted by molar-refractivity contribution is -0.142. The Balaban J connectivity index is 2.15. The summed E-state index contributed by atoms with van der Waals surface area (Å²) in [5.74, 6) is -1.40. The molecular weight excluding hydrogens is 264 g/mol. The van der Waals surface area contributed by atoms with Gasteiger partial charge in [-0.15, -0.1) is 0 Å². The summed E-state index contributed by atoms with van der Waals surface area (Å²) in [6.07, 6.45) is 3.48. The smallest absolute Gasteiger partial charge is 0.308 e. The van der Waals surface area contributed by atoms with Crippen LogP contribution in [0.25, 0.3) is 11.1 Å². The number of rotatable bonds is 4. The molecule has 0 spiro atoms. The van der Waals surface area contributed by atoms with Crippen molar-refractivity contribution < 1.29 is 9.90 Å². The molecule has 0 aliphatic heterocycles. The van der Waals surface area contributed by atoms with Crippen LogP contribution in [0.3, 0.4) is 0 Å². The molecule has 2 unspecified atom stereocenters. The van der Waals surface area contributed by atoms with Crippen molar-refractivity contribution in [3.05, 3.63) is 66.5 Å². The van der Waals surface area contributed by atoms with Crippen LogP contribution in [0, 0.1) is 5.92 Å². The van der Waals surface area contributed by atoms with E-state index in [9.17, 15) is 9.90 Å². The van der Waals surface area contributed by atoms with Crippen LogP contribution in [0.5, 0.6) is 0 Å². The van der Waals surface area contributed by atoms with Crippen molar-refractivity contribution in [2.45, 2.75) is 13.0 Å². The van der Waals surface area contributed by atoms with Crippen molar-refractivity contribution >= 4 is 5.97 Å². The molecule has 4 heteroatoms. The molecule has 4 nitrogen and oxygen atoms in total. The molecule has 1 aromatic rings. The van der Waals surface area contributed by atoms with Gasteiger partial charge in [-0.3, -0.25) is 9.48 Å². The van der Waals surface area contributed by atoms with Gasteiger partial charge in [0.05, 0.1) is 12.0 Å². The van der Waals surface area contributed by atoms with E-state index < -0.39 is 11.9 Å². The minimum atomic E-state index is -0.829. The third-order valence-corrected chi connectivity index (χ3v) is 3.82. The average molecular weight is 280 g/mol. The fraction of sp³-hybridized carbons (Fsp3) is 0.176. The molecule has 2 atom stereocenters. The molecule has 21 heavy (non-hydrogen) atoms. The molecule has 0 saturated heterocycles. The van der Waals surface area contributed by atoms with Gasteiger partial charge in [0.15, 0.2) is 0 Å². The molecule has 0 fully saturated rings. The van der Waals surface area contributed by atoms with Crippen LogP contribution < -0.4 is 0 Å². The molecule has 3 rings (SSSR count). The van der Waals surface area contributed by atoms with Gasteiger partial charge in [-0.1, -0.05) is 42.5 Å². The highest BCUT2D eigenvalue weighted by Crippen LogP contribution is 2.36. The third kappa shape index (κ3) is 2.40. The molecule has 0 saturated carbocycles. The first-order valence-electron chi connectivity index (χ1n) is 6.88. The predicted molar refractivity (Wildman–Crippen MR) is 80.2 cm³/mol. The summed E-state index contributed by atoms with van der Waals surface area (Å²) >= 11 is 0. The monoisotopic (exact) mass is 280 g/mol. The summed E-state index contributed by atoms with van der Waals surface area (Å²) in [5, 5.41) is 13.7. The molecule has 0 amide bonds. The van der Waals surface area contributed by atoms with Gasteiger partial charge in [-0.05, 0) is 29.7 Å². The van der Waals surface area contributed by atoms with E-state index in [-0.39, 0.29) is 6.04 Å². The maximum absolute atomic E-state index is 11.5. The number of aromatic nitrogens is 2. The second-order valence-corrected chi connectivity index (χ2v) is 5.13. The first kappa shape index (κ1) is 13.4. The Morgan fingerprint density at radius 3 is 2.67 bits per heavy atom. The topological polar surface area (TPSA) is 55.1 Å². The van der Waals surface area contributed by atoms with Crippen molar-refractivity contribution in [3.63, 3.8) is 0 Å². The minimum absolute atomic E-state index is 0.322. The van der Waals surface area contributed by atoms with E-state index in [0.29, 0.717) is 0 Å². The molecule has 2 aliphatic rings. The maximum atomic E-state index is 11.5. The molecule has 1 heterocycles. The molecule has 0 aromatic carbocycles. The summed E-state index contributed by atoms with van der Waals surface area (Å²) in [6, 6.07) is 15.5. The van der Waals surface area contributed by atoms with Crippen molar-refractivity contribution in [1.82, 2.24) is 9.78 Å². The molecule has 2 aliphatic carbocycles. The summed E-state index contributed by atoms with van der Waals surface area (Å²) in [5.41, 5.74) is 3.15. The highest BCUT2D eigenvalue weighted by Gasteiger charge is 2.30. The number of carboxylic acids is 1. The van der Waals surface area contributed by atoms with Gasteiger partial charge in [0.1, 0.15) is 0 Å². The number of aliphatic carboxylic acids is 1. The lowest BCUT2D eigenvalue weighted by atomic mass is 9.93. The number of carboxylic acid groups (broad SMARTS) is 1. The summed E-state index contributed by atoms with van der Waals surface area (Å²) < 4.78 is 1.72. The second kappa shape index (κ2) is 5.40. The van der Waals surface area contributed by atoms with E-state index >= 15 is 0 Å². The second-order valence-electron chi connectivity index (χ2n) is 5.13. The quantitative estimate of drug-likeness (QED) is 0.797. The Bertz CT molecular complexity index is 721. The van der Waals surface area contributed by atoms with Crippen molar-refractivity contribution in [2.75, 3.05) is 0 Å². The number of hydrogen-bond donors (Lipinski definition) is 1. The van der Waals surface area contributed by atoms with Crippen LogP contribution >= 0.6 is 0 Å². The van der Waals surface area contributed by atoms with Crippen LogP contribution in [0.15, 0.2) is 60.9 Å². The molecule has 1 N–H and O–H groups in total. The first-order chi connectivity index (χ1) is 10.2.